The van der Waals surface area contributed by atoms with Crippen molar-refractivity contribution in [2.75, 3.05) is 5.75 Å². The predicted octanol–water partition coefficient (Wildman–Crippen LogP) is 5.10. The highest BCUT2D eigenvalue weighted by Gasteiger charge is 2.14. The Labute approximate surface area is 169 Å². The third-order valence-electron chi connectivity index (χ3n) is 3.91. The monoisotopic (exact) mass is 414 g/mol. The summed E-state index contributed by atoms with van der Waals surface area (Å²) in [5, 5.41) is 7.17. The van der Waals surface area contributed by atoms with Crippen LogP contribution < -0.4 is 0 Å². The molecular formula is C19H12Cl2N4OS. The average Bonchev–Trinajstić information content (AvgIpc) is 3.12. The number of nitrogens with zero attached hydrogens (tertiary/aromatic N) is 4. The first-order valence-corrected chi connectivity index (χ1v) is 9.72. The van der Waals surface area contributed by atoms with Gasteiger partial charge >= 0.3 is 0 Å². The van der Waals surface area contributed by atoms with Gasteiger partial charge in [-0.1, -0.05) is 35.0 Å². The van der Waals surface area contributed by atoms with Crippen molar-refractivity contribution in [2.45, 2.75) is 5.03 Å². The Morgan fingerprint density at radius 3 is 2.33 bits per heavy atom. The second-order valence-electron chi connectivity index (χ2n) is 5.67. The summed E-state index contributed by atoms with van der Waals surface area (Å²) >= 11 is 13.2. The largest absolute Gasteiger partial charge is 0.293 e. The van der Waals surface area contributed by atoms with E-state index in [-0.39, 0.29) is 11.5 Å². The van der Waals surface area contributed by atoms with Crippen LogP contribution in [0.5, 0.6) is 0 Å². The van der Waals surface area contributed by atoms with Gasteiger partial charge in [-0.2, -0.15) is 5.10 Å². The van der Waals surface area contributed by atoms with Gasteiger partial charge in [0.15, 0.2) is 11.4 Å². The zero-order valence-electron chi connectivity index (χ0n) is 13.8. The Morgan fingerprint density at radius 1 is 0.963 bits per heavy atom. The summed E-state index contributed by atoms with van der Waals surface area (Å²) in [6, 6.07) is 14.2. The zero-order valence-corrected chi connectivity index (χ0v) is 16.2. The number of halogens is 2. The van der Waals surface area contributed by atoms with E-state index in [0.717, 1.165) is 11.1 Å². The quantitative estimate of drug-likeness (QED) is 0.258. The van der Waals surface area contributed by atoms with Crippen molar-refractivity contribution in [1.82, 2.24) is 19.7 Å². The second-order valence-corrected chi connectivity index (χ2v) is 7.50. The van der Waals surface area contributed by atoms with Crippen LogP contribution in [0.1, 0.15) is 10.4 Å². The summed E-state index contributed by atoms with van der Waals surface area (Å²) in [4.78, 5) is 21.0. The topological polar surface area (TPSA) is 60.7 Å². The third kappa shape index (κ3) is 3.83. The molecular weight excluding hydrogens is 403 g/mol. The SMILES string of the molecule is O=C(CSc1ncnc2c1cnn2-c1ccc(Cl)cc1)c1ccc(Cl)cc1. The minimum absolute atomic E-state index is 0.00789. The Kier molecular flexibility index (Phi) is 5.11. The molecule has 27 heavy (non-hydrogen) atoms. The molecule has 0 radical (unpaired) electrons. The molecule has 2 heterocycles. The first kappa shape index (κ1) is 18.0. The maximum Gasteiger partial charge on any atom is 0.173 e. The van der Waals surface area contributed by atoms with Gasteiger partial charge in [-0.3, -0.25) is 4.79 Å². The van der Waals surface area contributed by atoms with Crippen LogP contribution in [-0.4, -0.2) is 31.3 Å². The van der Waals surface area contributed by atoms with Gasteiger partial charge in [0.05, 0.1) is 23.0 Å². The van der Waals surface area contributed by atoms with Crippen molar-refractivity contribution in [3.05, 3.63) is 76.7 Å². The van der Waals surface area contributed by atoms with Gasteiger partial charge in [0, 0.05) is 15.6 Å². The normalized spacial score (nSPS) is 11.0. The van der Waals surface area contributed by atoms with Gasteiger partial charge < -0.3 is 0 Å². The fraction of sp³-hybridized carbons (Fsp3) is 0.0526. The number of thioether (sulfide) groups is 1. The molecule has 0 fully saturated rings. The van der Waals surface area contributed by atoms with Crippen LogP contribution in [0.25, 0.3) is 16.7 Å². The molecule has 8 heteroatoms. The molecule has 0 N–H and O–H groups in total. The van der Waals surface area contributed by atoms with E-state index in [1.54, 1.807) is 47.3 Å². The van der Waals surface area contributed by atoms with Gasteiger partial charge in [-0.25, -0.2) is 14.6 Å². The smallest absolute Gasteiger partial charge is 0.173 e. The van der Waals surface area contributed by atoms with E-state index in [1.807, 2.05) is 12.1 Å². The Hall–Kier alpha value is -2.41. The molecule has 2 aromatic carbocycles. The highest BCUT2D eigenvalue weighted by molar-refractivity contribution is 8.00. The summed E-state index contributed by atoms with van der Waals surface area (Å²) < 4.78 is 1.72. The van der Waals surface area contributed by atoms with Gasteiger partial charge in [-0.05, 0) is 48.5 Å². The summed E-state index contributed by atoms with van der Waals surface area (Å²) in [7, 11) is 0. The highest BCUT2D eigenvalue weighted by atomic mass is 35.5. The van der Waals surface area contributed by atoms with Gasteiger partial charge in [0.1, 0.15) is 11.4 Å². The lowest BCUT2D eigenvalue weighted by Crippen LogP contribution is -2.02. The Balaban J connectivity index is 1.58. The summed E-state index contributed by atoms with van der Waals surface area (Å²) in [5.41, 5.74) is 2.14. The van der Waals surface area contributed by atoms with Gasteiger partial charge in [-0.15, -0.1) is 0 Å². The van der Waals surface area contributed by atoms with Gasteiger partial charge in [0.2, 0.25) is 0 Å². The van der Waals surface area contributed by atoms with Gasteiger partial charge in [0.25, 0.3) is 0 Å². The second kappa shape index (κ2) is 7.68. The van der Waals surface area contributed by atoms with Crippen LogP contribution in [0.15, 0.2) is 66.1 Å². The number of ketones is 1. The lowest BCUT2D eigenvalue weighted by molar-refractivity contribution is 0.102. The molecule has 0 saturated heterocycles. The molecule has 0 aliphatic rings. The molecule has 0 bridgehead atoms. The number of aromatic nitrogens is 4. The maximum atomic E-state index is 12.4. The number of hydrogen-bond donors (Lipinski definition) is 0. The highest BCUT2D eigenvalue weighted by Crippen LogP contribution is 2.27. The van der Waals surface area contributed by atoms with Crippen molar-refractivity contribution < 1.29 is 4.79 Å². The molecule has 2 aromatic heterocycles. The van der Waals surface area contributed by atoms with Crippen molar-refractivity contribution in [2.24, 2.45) is 0 Å². The number of carbonyl (C=O) groups is 1. The first-order chi connectivity index (χ1) is 13.1. The van der Waals surface area contributed by atoms with Crippen LogP contribution in [0, 0.1) is 0 Å². The first-order valence-electron chi connectivity index (χ1n) is 7.98. The molecule has 0 aliphatic carbocycles. The molecule has 5 nitrogen and oxygen atoms in total. The number of carbonyl (C=O) groups excluding carboxylic acids is 1. The van der Waals surface area contributed by atoms with Crippen molar-refractivity contribution in [3.63, 3.8) is 0 Å². The van der Waals surface area contributed by atoms with Crippen LogP contribution in [0.3, 0.4) is 0 Å². The number of fused-ring (bicyclic) bond motifs is 1. The Morgan fingerprint density at radius 2 is 1.63 bits per heavy atom. The minimum Gasteiger partial charge on any atom is -0.293 e. The lowest BCUT2D eigenvalue weighted by atomic mass is 10.1. The number of benzene rings is 2. The van der Waals surface area contributed by atoms with E-state index in [2.05, 4.69) is 15.1 Å². The zero-order chi connectivity index (χ0) is 18.8. The summed E-state index contributed by atoms with van der Waals surface area (Å²) in [6.45, 7) is 0. The molecule has 0 aliphatic heterocycles. The molecule has 0 amide bonds. The van der Waals surface area contributed by atoms with E-state index >= 15 is 0 Å². The van der Waals surface area contributed by atoms with Crippen molar-refractivity contribution in [3.8, 4) is 5.69 Å². The van der Waals surface area contributed by atoms with E-state index in [4.69, 9.17) is 23.2 Å². The fourth-order valence-electron chi connectivity index (χ4n) is 2.56. The molecule has 0 unspecified atom stereocenters. The summed E-state index contributed by atoms with van der Waals surface area (Å²) in [5.74, 6) is 0.272. The van der Waals surface area contributed by atoms with Crippen LogP contribution in [0.4, 0.5) is 0 Å². The molecule has 4 rings (SSSR count). The molecule has 0 spiro atoms. The van der Waals surface area contributed by atoms with Crippen molar-refractivity contribution >= 4 is 51.8 Å². The van der Waals surface area contributed by atoms with E-state index in [9.17, 15) is 4.79 Å². The standard InChI is InChI=1S/C19H12Cl2N4OS/c20-13-3-1-12(2-4-13)17(26)10-27-19-16-9-24-25(18(16)22-11-23-19)15-7-5-14(21)6-8-15/h1-9,11H,10H2. The molecule has 134 valence electrons. The molecule has 4 aromatic rings. The minimum atomic E-state index is 0.00789. The number of hydrogen-bond acceptors (Lipinski definition) is 5. The summed E-state index contributed by atoms with van der Waals surface area (Å²) in [6.07, 6.45) is 3.19. The Bertz CT molecular complexity index is 1110. The molecule has 0 saturated carbocycles. The van der Waals surface area contributed by atoms with E-state index < -0.39 is 0 Å². The van der Waals surface area contributed by atoms with Crippen molar-refractivity contribution in [1.29, 1.82) is 0 Å². The number of Topliss-reactive ketones (excluding diaryl/α,β-unsaturated/α-hetero) is 1. The average molecular weight is 415 g/mol. The number of rotatable bonds is 5. The third-order valence-corrected chi connectivity index (χ3v) is 5.42. The van der Waals surface area contributed by atoms with Crippen LogP contribution in [0.2, 0.25) is 10.0 Å². The van der Waals surface area contributed by atoms with E-state index in [1.165, 1.54) is 18.1 Å². The maximum absolute atomic E-state index is 12.4. The molecule has 0 atom stereocenters. The lowest BCUT2D eigenvalue weighted by Gasteiger charge is -2.04. The predicted molar refractivity (Wildman–Crippen MR) is 108 cm³/mol. The van der Waals surface area contributed by atoms with Crippen LogP contribution in [-0.2, 0) is 0 Å². The van der Waals surface area contributed by atoms with E-state index in [0.29, 0.717) is 26.3 Å². The van der Waals surface area contributed by atoms with Crippen LogP contribution >= 0.6 is 35.0 Å². The fourth-order valence-corrected chi connectivity index (χ4v) is 3.67.